The summed E-state index contributed by atoms with van der Waals surface area (Å²) in [7, 11) is 0. The Balaban J connectivity index is 1.81. The van der Waals surface area contributed by atoms with E-state index >= 15 is 0 Å². The topological polar surface area (TPSA) is 26.3 Å². The maximum atomic E-state index is 11.9. The molecule has 0 aliphatic heterocycles. The van der Waals surface area contributed by atoms with Gasteiger partial charge in [0.05, 0.1) is 0 Å². The third kappa shape index (κ3) is 3.67. The van der Waals surface area contributed by atoms with Gasteiger partial charge in [-0.05, 0) is 31.7 Å². The second kappa shape index (κ2) is 5.46. The molecule has 1 aromatic carbocycles. The Hall–Kier alpha value is -1.15. The summed E-state index contributed by atoms with van der Waals surface area (Å²) in [6.07, 6.45) is 3.79. The van der Waals surface area contributed by atoms with Gasteiger partial charge in [-0.3, -0.25) is 4.79 Å². The quantitative estimate of drug-likeness (QED) is 0.555. The van der Waals surface area contributed by atoms with Crippen molar-refractivity contribution in [2.24, 2.45) is 5.92 Å². The van der Waals surface area contributed by atoms with Crippen LogP contribution in [0.3, 0.4) is 0 Å². The molecule has 1 aliphatic carbocycles. The maximum absolute atomic E-state index is 11.9. The van der Waals surface area contributed by atoms with E-state index in [9.17, 15) is 4.79 Å². The predicted molar refractivity (Wildman–Crippen MR) is 68.4 cm³/mol. The Morgan fingerprint density at radius 3 is 2.76 bits per heavy atom. The van der Waals surface area contributed by atoms with Crippen molar-refractivity contribution in [2.45, 2.75) is 33.1 Å². The monoisotopic (exact) mass is 232 g/mol. The van der Waals surface area contributed by atoms with Gasteiger partial charge in [0.2, 0.25) is 0 Å². The van der Waals surface area contributed by atoms with Crippen LogP contribution in [-0.4, -0.2) is 19.0 Å². The number of rotatable bonds is 6. The molecule has 2 rings (SSSR count). The number of benzene rings is 1. The summed E-state index contributed by atoms with van der Waals surface area (Å²) >= 11 is 0. The van der Waals surface area contributed by atoms with Gasteiger partial charge in [0.1, 0.15) is 6.61 Å². The van der Waals surface area contributed by atoms with Gasteiger partial charge < -0.3 is 4.74 Å². The Bertz CT molecular complexity index is 405. The highest BCUT2D eigenvalue weighted by Crippen LogP contribution is 2.32. The van der Waals surface area contributed by atoms with E-state index in [2.05, 4.69) is 0 Å². The summed E-state index contributed by atoms with van der Waals surface area (Å²) in [5.74, 6) is 0.963. The van der Waals surface area contributed by atoms with Crippen molar-refractivity contribution in [3.63, 3.8) is 0 Å². The molecule has 1 saturated carbocycles. The summed E-state index contributed by atoms with van der Waals surface area (Å²) in [4.78, 5) is 11.9. The van der Waals surface area contributed by atoms with E-state index in [1.807, 2.05) is 32.0 Å². The smallest absolute Gasteiger partial charge is 0.188 e. The molecular weight excluding hydrogens is 212 g/mol. The van der Waals surface area contributed by atoms with Crippen molar-refractivity contribution in [3.05, 3.63) is 34.9 Å². The second-order valence-corrected chi connectivity index (χ2v) is 5.03. The third-order valence-electron chi connectivity index (χ3n) is 3.28. The first kappa shape index (κ1) is 12.3. The lowest BCUT2D eigenvalue weighted by molar-refractivity contribution is 0.0748. The van der Waals surface area contributed by atoms with Crippen LogP contribution >= 0.6 is 0 Å². The summed E-state index contributed by atoms with van der Waals surface area (Å²) in [5.41, 5.74) is 3.02. The summed E-state index contributed by atoms with van der Waals surface area (Å²) < 4.78 is 5.44. The van der Waals surface area contributed by atoms with Crippen molar-refractivity contribution >= 4 is 5.78 Å². The molecule has 17 heavy (non-hydrogen) atoms. The van der Waals surface area contributed by atoms with Crippen LogP contribution in [0.25, 0.3) is 0 Å². The molecule has 0 unspecified atom stereocenters. The zero-order chi connectivity index (χ0) is 12.3. The van der Waals surface area contributed by atoms with Crippen molar-refractivity contribution < 1.29 is 9.53 Å². The molecule has 1 aliphatic rings. The average molecular weight is 232 g/mol. The SMILES string of the molecule is Cc1ccc(C(=O)COCCC2CC2)c(C)c1. The molecule has 2 heteroatoms. The largest absolute Gasteiger partial charge is 0.373 e. The number of carbonyl (C=O) groups is 1. The highest BCUT2D eigenvalue weighted by atomic mass is 16.5. The van der Waals surface area contributed by atoms with Gasteiger partial charge in [0, 0.05) is 12.2 Å². The van der Waals surface area contributed by atoms with Crippen LogP contribution < -0.4 is 0 Å². The highest BCUT2D eigenvalue weighted by molar-refractivity contribution is 5.98. The van der Waals surface area contributed by atoms with Gasteiger partial charge >= 0.3 is 0 Å². The molecule has 92 valence electrons. The number of hydrogen-bond donors (Lipinski definition) is 0. The van der Waals surface area contributed by atoms with Crippen molar-refractivity contribution in [2.75, 3.05) is 13.2 Å². The molecule has 1 aromatic rings. The normalized spacial score (nSPS) is 14.9. The first-order valence-electron chi connectivity index (χ1n) is 6.35. The summed E-state index contributed by atoms with van der Waals surface area (Å²) in [6, 6.07) is 5.92. The first-order chi connectivity index (χ1) is 8.16. The molecular formula is C15H20O2. The fraction of sp³-hybridized carbons (Fsp3) is 0.533. The van der Waals surface area contributed by atoms with E-state index in [1.54, 1.807) is 0 Å². The number of carbonyl (C=O) groups excluding carboxylic acids is 1. The van der Waals surface area contributed by atoms with Gasteiger partial charge in [0.15, 0.2) is 5.78 Å². The van der Waals surface area contributed by atoms with Gasteiger partial charge in [-0.25, -0.2) is 0 Å². The van der Waals surface area contributed by atoms with Crippen LogP contribution in [-0.2, 0) is 4.74 Å². The molecule has 0 bridgehead atoms. The molecule has 0 amide bonds. The van der Waals surface area contributed by atoms with Gasteiger partial charge in [-0.1, -0.05) is 36.6 Å². The molecule has 0 radical (unpaired) electrons. The standard InChI is InChI=1S/C15H20O2/c1-11-3-6-14(12(2)9-11)15(16)10-17-8-7-13-4-5-13/h3,6,9,13H,4-5,7-8,10H2,1-2H3. The van der Waals surface area contributed by atoms with E-state index in [0.29, 0.717) is 0 Å². The van der Waals surface area contributed by atoms with Crippen molar-refractivity contribution in [1.82, 2.24) is 0 Å². The van der Waals surface area contributed by atoms with Crippen LogP contribution in [0.2, 0.25) is 0 Å². The van der Waals surface area contributed by atoms with Crippen LogP contribution in [0.1, 0.15) is 40.7 Å². The zero-order valence-corrected chi connectivity index (χ0v) is 10.7. The van der Waals surface area contributed by atoms with E-state index in [1.165, 1.54) is 18.4 Å². The van der Waals surface area contributed by atoms with Gasteiger partial charge in [-0.2, -0.15) is 0 Å². The molecule has 0 aromatic heterocycles. The molecule has 1 fully saturated rings. The minimum absolute atomic E-state index is 0.0956. The van der Waals surface area contributed by atoms with Crippen LogP contribution in [0.15, 0.2) is 18.2 Å². The molecule has 0 heterocycles. The van der Waals surface area contributed by atoms with Crippen LogP contribution in [0.4, 0.5) is 0 Å². The maximum Gasteiger partial charge on any atom is 0.188 e. The minimum Gasteiger partial charge on any atom is -0.373 e. The number of aryl methyl sites for hydroxylation is 2. The van der Waals surface area contributed by atoms with Crippen LogP contribution in [0, 0.1) is 19.8 Å². The van der Waals surface area contributed by atoms with E-state index in [4.69, 9.17) is 4.74 Å². The predicted octanol–water partition coefficient (Wildman–Crippen LogP) is 3.30. The first-order valence-corrected chi connectivity index (χ1v) is 6.35. The van der Waals surface area contributed by atoms with E-state index in [-0.39, 0.29) is 12.4 Å². The molecule has 2 nitrogen and oxygen atoms in total. The fourth-order valence-corrected chi connectivity index (χ4v) is 2.03. The molecule has 0 N–H and O–H groups in total. The minimum atomic E-state index is 0.0956. The summed E-state index contributed by atoms with van der Waals surface area (Å²) in [6.45, 7) is 4.95. The number of ketones is 1. The van der Waals surface area contributed by atoms with E-state index < -0.39 is 0 Å². The van der Waals surface area contributed by atoms with E-state index in [0.717, 1.165) is 30.1 Å². The van der Waals surface area contributed by atoms with Crippen molar-refractivity contribution in [1.29, 1.82) is 0 Å². The molecule has 0 saturated heterocycles. The number of Topliss-reactive ketones (excluding diaryl/α,β-unsaturated/α-hetero) is 1. The molecule has 0 atom stereocenters. The lowest BCUT2D eigenvalue weighted by Gasteiger charge is -2.06. The molecule has 0 spiro atoms. The lowest BCUT2D eigenvalue weighted by Crippen LogP contribution is -2.11. The fourth-order valence-electron chi connectivity index (χ4n) is 2.03. The second-order valence-electron chi connectivity index (χ2n) is 5.03. The number of hydrogen-bond acceptors (Lipinski definition) is 2. The van der Waals surface area contributed by atoms with Gasteiger partial charge in [-0.15, -0.1) is 0 Å². The Morgan fingerprint density at radius 1 is 1.35 bits per heavy atom. The Morgan fingerprint density at radius 2 is 2.12 bits per heavy atom. The number of ether oxygens (including phenoxy) is 1. The summed E-state index contributed by atoms with van der Waals surface area (Å²) in [5, 5.41) is 0. The Labute approximate surface area is 103 Å². The van der Waals surface area contributed by atoms with Gasteiger partial charge in [0.25, 0.3) is 0 Å². The van der Waals surface area contributed by atoms with Crippen molar-refractivity contribution in [3.8, 4) is 0 Å². The van der Waals surface area contributed by atoms with Crippen LogP contribution in [0.5, 0.6) is 0 Å². The average Bonchev–Trinajstić information content (AvgIpc) is 3.08. The third-order valence-corrected chi connectivity index (χ3v) is 3.28. The highest BCUT2D eigenvalue weighted by Gasteiger charge is 2.20. The Kier molecular flexibility index (Phi) is 3.95. The zero-order valence-electron chi connectivity index (χ0n) is 10.7. The lowest BCUT2D eigenvalue weighted by atomic mass is 10.0.